The van der Waals surface area contributed by atoms with Gasteiger partial charge in [-0.05, 0) is 26.3 Å². The predicted molar refractivity (Wildman–Crippen MR) is 92.2 cm³/mol. The standard InChI is InChI=1S/C19H23O8/c1-11(20)15(23)16-18(25,12(2)21)19(26,13(3)22)17(24,10-27-16)9-14-7-5-4-6-8-14/h4-8,10,15-16,23-26H,9H2,1-3H3/t15?,16-,17-,18-,19-/m1/s1. The van der Waals surface area contributed by atoms with Gasteiger partial charge in [-0.2, -0.15) is 0 Å². The summed E-state index contributed by atoms with van der Waals surface area (Å²) in [4.78, 5) is 36.3. The first-order chi connectivity index (χ1) is 12.4. The molecule has 1 saturated heterocycles. The highest BCUT2D eigenvalue weighted by Gasteiger charge is 2.74. The largest absolute Gasteiger partial charge is 0.383 e. The summed E-state index contributed by atoms with van der Waals surface area (Å²) in [7, 11) is 0. The van der Waals surface area contributed by atoms with E-state index in [0.717, 1.165) is 20.8 Å². The van der Waals surface area contributed by atoms with Crippen LogP contribution >= 0.6 is 0 Å². The fourth-order valence-corrected chi connectivity index (χ4v) is 3.53. The fraction of sp³-hybridized carbons (Fsp3) is 0.474. The highest BCUT2D eigenvalue weighted by atomic mass is 16.5. The first-order valence-corrected chi connectivity index (χ1v) is 8.33. The van der Waals surface area contributed by atoms with Gasteiger partial charge in [0.05, 0.1) is 0 Å². The summed E-state index contributed by atoms with van der Waals surface area (Å²) in [6.07, 6.45) is -4.36. The van der Waals surface area contributed by atoms with E-state index in [1.807, 2.05) is 0 Å². The van der Waals surface area contributed by atoms with Crippen molar-refractivity contribution in [1.29, 1.82) is 0 Å². The zero-order valence-corrected chi connectivity index (χ0v) is 15.2. The summed E-state index contributed by atoms with van der Waals surface area (Å²) in [6.45, 7) is 3.44. The summed E-state index contributed by atoms with van der Waals surface area (Å²) in [5, 5.41) is 43.5. The molecule has 0 aromatic heterocycles. The Morgan fingerprint density at radius 2 is 1.59 bits per heavy atom. The van der Waals surface area contributed by atoms with Gasteiger partial charge in [0.1, 0.15) is 24.4 Å². The Bertz CT molecular complexity index is 747. The van der Waals surface area contributed by atoms with E-state index in [9.17, 15) is 34.8 Å². The van der Waals surface area contributed by atoms with Gasteiger partial charge >= 0.3 is 0 Å². The molecule has 0 saturated carbocycles. The molecule has 27 heavy (non-hydrogen) atoms. The van der Waals surface area contributed by atoms with Crippen molar-refractivity contribution in [3.8, 4) is 0 Å². The Hall–Kier alpha value is -1.97. The van der Waals surface area contributed by atoms with Gasteiger partial charge < -0.3 is 25.2 Å². The van der Waals surface area contributed by atoms with E-state index in [1.165, 1.54) is 0 Å². The molecule has 1 fully saturated rings. The zero-order chi connectivity index (χ0) is 20.6. The van der Waals surface area contributed by atoms with Gasteiger partial charge in [0.25, 0.3) is 0 Å². The van der Waals surface area contributed by atoms with Crippen LogP contribution in [0.25, 0.3) is 0 Å². The van der Waals surface area contributed by atoms with Gasteiger partial charge in [-0.3, -0.25) is 14.4 Å². The van der Waals surface area contributed by atoms with Crippen LogP contribution in [0.5, 0.6) is 0 Å². The van der Waals surface area contributed by atoms with Crippen molar-refractivity contribution in [2.24, 2.45) is 0 Å². The average molecular weight is 379 g/mol. The maximum absolute atomic E-state index is 12.4. The number of hydrogen-bond acceptors (Lipinski definition) is 8. The molecule has 1 aromatic carbocycles. The molecular formula is C19H23O8. The number of Topliss-reactive ketones (excluding diaryl/α,β-unsaturated/α-hetero) is 3. The minimum absolute atomic E-state index is 0.373. The maximum Gasteiger partial charge on any atom is 0.193 e. The lowest BCUT2D eigenvalue weighted by Gasteiger charge is -2.56. The summed E-state index contributed by atoms with van der Waals surface area (Å²) >= 11 is 0. The Labute approximate surface area is 156 Å². The molecule has 1 unspecified atom stereocenters. The van der Waals surface area contributed by atoms with Crippen LogP contribution in [0.2, 0.25) is 0 Å². The number of aliphatic hydroxyl groups excluding tert-OH is 1. The van der Waals surface area contributed by atoms with Crippen LogP contribution in [0.3, 0.4) is 0 Å². The smallest absolute Gasteiger partial charge is 0.193 e. The van der Waals surface area contributed by atoms with Crippen molar-refractivity contribution in [2.45, 2.75) is 56.2 Å². The summed E-state index contributed by atoms with van der Waals surface area (Å²) in [5.74, 6) is -3.13. The topological polar surface area (TPSA) is 141 Å². The molecule has 2 rings (SSSR count). The molecule has 8 heteroatoms. The molecule has 1 aliphatic rings. The van der Waals surface area contributed by atoms with E-state index in [1.54, 1.807) is 30.3 Å². The normalized spacial score (nSPS) is 34.7. The lowest BCUT2D eigenvalue weighted by molar-refractivity contribution is -0.295. The van der Waals surface area contributed by atoms with Crippen molar-refractivity contribution >= 4 is 17.3 Å². The van der Waals surface area contributed by atoms with Crippen LogP contribution in [0, 0.1) is 6.61 Å². The van der Waals surface area contributed by atoms with Crippen LogP contribution in [-0.2, 0) is 25.5 Å². The zero-order valence-electron chi connectivity index (χ0n) is 15.2. The summed E-state index contributed by atoms with van der Waals surface area (Å²) in [5.41, 5.74) is -8.16. The van der Waals surface area contributed by atoms with E-state index >= 15 is 0 Å². The van der Waals surface area contributed by atoms with Gasteiger partial charge in [0.15, 0.2) is 28.6 Å². The predicted octanol–water partition coefficient (Wildman–Crippen LogP) is -0.889. The molecule has 0 spiro atoms. The molecule has 8 nitrogen and oxygen atoms in total. The van der Waals surface area contributed by atoms with Gasteiger partial charge in [0.2, 0.25) is 0 Å². The minimum Gasteiger partial charge on any atom is -0.383 e. The molecular weight excluding hydrogens is 356 g/mol. The minimum atomic E-state index is -3.07. The Kier molecular flexibility index (Phi) is 5.70. The molecule has 147 valence electrons. The molecule has 1 aromatic rings. The number of rotatable bonds is 6. The monoisotopic (exact) mass is 379 g/mol. The second kappa shape index (κ2) is 7.21. The van der Waals surface area contributed by atoms with Gasteiger partial charge in [-0.25, -0.2) is 0 Å². The number of benzene rings is 1. The quantitative estimate of drug-likeness (QED) is 0.499. The highest BCUT2D eigenvalue weighted by molar-refractivity contribution is 6.00. The van der Waals surface area contributed by atoms with Crippen molar-refractivity contribution in [3.63, 3.8) is 0 Å². The molecule has 1 heterocycles. The molecule has 1 aliphatic heterocycles. The molecule has 0 bridgehead atoms. The Morgan fingerprint density at radius 3 is 2.04 bits per heavy atom. The summed E-state index contributed by atoms with van der Waals surface area (Å²) < 4.78 is 5.18. The molecule has 0 aliphatic carbocycles. The first-order valence-electron chi connectivity index (χ1n) is 8.33. The van der Waals surface area contributed by atoms with E-state index in [-0.39, 0.29) is 6.42 Å². The van der Waals surface area contributed by atoms with E-state index in [0.29, 0.717) is 12.2 Å². The van der Waals surface area contributed by atoms with E-state index in [4.69, 9.17) is 4.74 Å². The van der Waals surface area contributed by atoms with Crippen LogP contribution in [-0.4, -0.2) is 66.8 Å². The Morgan fingerprint density at radius 1 is 1.04 bits per heavy atom. The van der Waals surface area contributed by atoms with Crippen molar-refractivity contribution in [1.82, 2.24) is 0 Å². The second-order valence-corrected chi connectivity index (χ2v) is 6.91. The number of ketones is 3. The second-order valence-electron chi connectivity index (χ2n) is 6.91. The highest BCUT2D eigenvalue weighted by Crippen LogP contribution is 2.47. The molecule has 1 radical (unpaired) electrons. The number of carbonyl (C=O) groups is 3. The molecule has 0 amide bonds. The van der Waals surface area contributed by atoms with Gasteiger partial charge in [-0.1, -0.05) is 30.3 Å². The number of ether oxygens (including phenoxy) is 1. The van der Waals surface area contributed by atoms with Crippen LogP contribution in [0.15, 0.2) is 30.3 Å². The first kappa shape index (κ1) is 21.3. The fourth-order valence-electron chi connectivity index (χ4n) is 3.53. The van der Waals surface area contributed by atoms with Gasteiger partial charge in [0, 0.05) is 6.42 Å². The number of aliphatic hydroxyl groups is 4. The van der Waals surface area contributed by atoms with Crippen LogP contribution < -0.4 is 0 Å². The molecule has 4 N–H and O–H groups in total. The summed E-state index contributed by atoms with van der Waals surface area (Å²) in [6, 6.07) is 8.26. The number of carbonyl (C=O) groups excluding carboxylic acids is 3. The maximum atomic E-state index is 12.4. The van der Waals surface area contributed by atoms with Gasteiger partial charge in [-0.15, -0.1) is 0 Å². The lowest BCUT2D eigenvalue weighted by atomic mass is 9.60. The molecule has 5 atom stereocenters. The lowest BCUT2D eigenvalue weighted by Crippen LogP contribution is -2.82. The third kappa shape index (κ3) is 3.13. The average Bonchev–Trinajstić information content (AvgIpc) is 2.59. The van der Waals surface area contributed by atoms with Crippen molar-refractivity contribution in [3.05, 3.63) is 42.5 Å². The van der Waals surface area contributed by atoms with Crippen LogP contribution in [0.4, 0.5) is 0 Å². The van der Waals surface area contributed by atoms with Crippen LogP contribution in [0.1, 0.15) is 26.3 Å². The van der Waals surface area contributed by atoms with Crippen molar-refractivity contribution < 1.29 is 39.5 Å². The SMILES string of the molecule is CC(=O)C(O)[C@H]1O[CH][C@](O)(Cc2ccccc2)[C@](O)(C(C)=O)[C@@]1(O)C(C)=O. The Balaban J connectivity index is 2.65. The van der Waals surface area contributed by atoms with E-state index < -0.39 is 46.4 Å². The van der Waals surface area contributed by atoms with E-state index in [2.05, 4.69) is 0 Å². The third-order valence-electron chi connectivity index (χ3n) is 5.07. The van der Waals surface area contributed by atoms with Crippen molar-refractivity contribution in [2.75, 3.05) is 0 Å². The third-order valence-corrected chi connectivity index (χ3v) is 5.07. The number of hydrogen-bond donors (Lipinski definition) is 4.